The molecule has 0 saturated heterocycles. The lowest BCUT2D eigenvalue weighted by Gasteiger charge is -2.06. The lowest BCUT2D eigenvalue weighted by molar-refractivity contribution is -0.116. The summed E-state index contributed by atoms with van der Waals surface area (Å²) in [5.74, 6) is 1.85. The van der Waals surface area contributed by atoms with Crippen molar-refractivity contribution in [2.24, 2.45) is 0 Å². The first-order chi connectivity index (χ1) is 13.1. The van der Waals surface area contributed by atoms with E-state index < -0.39 is 0 Å². The molecule has 0 aliphatic heterocycles. The zero-order valence-corrected chi connectivity index (χ0v) is 16.6. The summed E-state index contributed by atoms with van der Waals surface area (Å²) < 4.78 is 0. The number of aryl methyl sites for hydroxylation is 3. The van der Waals surface area contributed by atoms with Gasteiger partial charge in [0.15, 0.2) is 0 Å². The number of carbonyl (C=O) groups is 1. The molecule has 0 atom stereocenters. The number of nitrogens with zero attached hydrogens (tertiary/aromatic N) is 2. The second-order valence-electron chi connectivity index (χ2n) is 6.58. The zero-order chi connectivity index (χ0) is 18.8. The van der Waals surface area contributed by atoms with Crippen molar-refractivity contribution >= 4 is 45.0 Å². The van der Waals surface area contributed by atoms with Gasteiger partial charge in [0.2, 0.25) is 5.91 Å². The van der Waals surface area contributed by atoms with E-state index in [2.05, 4.69) is 20.3 Å². The van der Waals surface area contributed by atoms with E-state index in [1.165, 1.54) is 10.4 Å². The van der Waals surface area contributed by atoms with Crippen LogP contribution in [0.25, 0.3) is 10.2 Å². The summed E-state index contributed by atoms with van der Waals surface area (Å²) in [5.41, 5.74) is 2.21. The van der Waals surface area contributed by atoms with Crippen molar-refractivity contribution in [1.82, 2.24) is 15.0 Å². The van der Waals surface area contributed by atoms with E-state index in [1.807, 2.05) is 18.4 Å². The van der Waals surface area contributed by atoms with Crippen LogP contribution in [0, 0.1) is 0 Å². The molecule has 0 saturated carbocycles. The van der Waals surface area contributed by atoms with Crippen LogP contribution in [0.3, 0.4) is 0 Å². The molecule has 1 aliphatic carbocycles. The highest BCUT2D eigenvalue weighted by Gasteiger charge is 2.21. The molecule has 3 aromatic rings. The predicted molar refractivity (Wildman–Crippen MR) is 111 cm³/mol. The van der Waals surface area contributed by atoms with E-state index >= 15 is 0 Å². The van der Waals surface area contributed by atoms with Crippen LogP contribution in [0.15, 0.2) is 23.1 Å². The normalized spacial score (nSPS) is 13.1. The molecule has 2 N–H and O–H groups in total. The Bertz CT molecular complexity index is 1060. The second kappa shape index (κ2) is 7.82. The summed E-state index contributed by atoms with van der Waals surface area (Å²) in [7, 11) is 0. The molecule has 4 rings (SSSR count). The van der Waals surface area contributed by atoms with Crippen LogP contribution in [-0.4, -0.2) is 27.1 Å². The summed E-state index contributed by atoms with van der Waals surface area (Å²) in [6, 6.07) is 3.82. The van der Waals surface area contributed by atoms with Gasteiger partial charge in [0, 0.05) is 29.7 Å². The molecule has 0 spiro atoms. The molecule has 3 heterocycles. The average Bonchev–Trinajstić information content (AvgIpc) is 3.21. The molecular weight excluding hydrogens is 380 g/mol. The Labute approximate surface area is 164 Å². The van der Waals surface area contributed by atoms with Gasteiger partial charge in [-0.1, -0.05) is 0 Å². The fourth-order valence-electron chi connectivity index (χ4n) is 3.40. The van der Waals surface area contributed by atoms with Gasteiger partial charge in [-0.15, -0.1) is 11.3 Å². The zero-order valence-electron chi connectivity index (χ0n) is 15.0. The molecule has 0 fully saturated rings. The molecule has 0 bridgehead atoms. The first kappa shape index (κ1) is 18.2. The summed E-state index contributed by atoms with van der Waals surface area (Å²) >= 11 is 3.33. The molecule has 0 aromatic carbocycles. The number of anilines is 1. The van der Waals surface area contributed by atoms with Gasteiger partial charge in [-0.05, 0) is 48.8 Å². The maximum absolute atomic E-state index is 12.5. The number of aromatic amines is 1. The number of H-pyrrole nitrogens is 1. The third kappa shape index (κ3) is 3.91. The fourth-order valence-corrected chi connectivity index (χ4v) is 5.20. The first-order valence-corrected chi connectivity index (χ1v) is 11.1. The monoisotopic (exact) mass is 400 g/mol. The van der Waals surface area contributed by atoms with Crippen molar-refractivity contribution in [2.45, 2.75) is 37.9 Å². The number of nitrogens with one attached hydrogen (secondary N) is 2. The van der Waals surface area contributed by atoms with Gasteiger partial charge < -0.3 is 10.3 Å². The standard InChI is InChI=1S/C19H20N4O2S2/c1-26-10-11-7-8-20-15(9-11)21-16(24)6-5-14-22-18(25)17-12-3-2-4-13(12)27-19(17)23-14/h7-9H,2-6,10H2,1H3,(H,20,21,24)(H,22,23,25). The van der Waals surface area contributed by atoms with Crippen LogP contribution in [0.2, 0.25) is 0 Å². The van der Waals surface area contributed by atoms with E-state index in [0.29, 0.717) is 18.1 Å². The number of fused-ring (bicyclic) bond motifs is 3. The van der Waals surface area contributed by atoms with Crippen LogP contribution < -0.4 is 10.9 Å². The highest BCUT2D eigenvalue weighted by Crippen LogP contribution is 2.34. The first-order valence-electron chi connectivity index (χ1n) is 8.91. The Hall–Kier alpha value is -2.19. The van der Waals surface area contributed by atoms with E-state index in [1.54, 1.807) is 29.3 Å². The molecular formula is C19H20N4O2S2. The molecule has 3 aromatic heterocycles. The number of aromatic nitrogens is 3. The summed E-state index contributed by atoms with van der Waals surface area (Å²) in [4.78, 5) is 38.4. The topological polar surface area (TPSA) is 87.7 Å². The minimum Gasteiger partial charge on any atom is -0.311 e. The van der Waals surface area contributed by atoms with Gasteiger partial charge in [0.1, 0.15) is 16.5 Å². The third-order valence-corrected chi connectivity index (χ3v) is 6.42. The minimum absolute atomic E-state index is 0.0822. The van der Waals surface area contributed by atoms with E-state index in [4.69, 9.17) is 0 Å². The molecule has 0 unspecified atom stereocenters. The predicted octanol–water partition coefficient (Wildman–Crippen LogP) is 3.30. The smallest absolute Gasteiger partial charge is 0.259 e. The molecule has 8 heteroatoms. The second-order valence-corrected chi connectivity index (χ2v) is 8.53. The average molecular weight is 401 g/mol. The van der Waals surface area contributed by atoms with Crippen molar-refractivity contribution in [3.05, 3.63) is 50.5 Å². The number of rotatable bonds is 6. The molecule has 6 nitrogen and oxygen atoms in total. The summed E-state index contributed by atoms with van der Waals surface area (Å²) in [5, 5.41) is 3.56. The Balaban J connectivity index is 1.43. The van der Waals surface area contributed by atoms with Crippen LogP contribution in [0.4, 0.5) is 5.82 Å². The number of amides is 1. The van der Waals surface area contributed by atoms with Crippen LogP contribution in [0.5, 0.6) is 0 Å². The maximum Gasteiger partial charge on any atom is 0.259 e. The number of thioether (sulfide) groups is 1. The Morgan fingerprint density at radius 1 is 1.41 bits per heavy atom. The third-order valence-electron chi connectivity index (χ3n) is 4.62. The number of pyridine rings is 1. The molecule has 0 radical (unpaired) electrons. The largest absolute Gasteiger partial charge is 0.311 e. The fraction of sp³-hybridized carbons (Fsp3) is 0.368. The quantitative estimate of drug-likeness (QED) is 0.663. The molecule has 1 amide bonds. The van der Waals surface area contributed by atoms with E-state index in [9.17, 15) is 9.59 Å². The highest BCUT2D eigenvalue weighted by molar-refractivity contribution is 7.97. The molecule has 1 aliphatic rings. The number of carbonyl (C=O) groups excluding carboxylic acids is 1. The Morgan fingerprint density at radius 2 is 2.30 bits per heavy atom. The SMILES string of the molecule is CSCc1ccnc(NC(=O)CCc2nc3sc4c(c3c(=O)[nH]2)CCC4)c1. The lowest BCUT2D eigenvalue weighted by Crippen LogP contribution is -2.16. The number of thiophene rings is 1. The highest BCUT2D eigenvalue weighted by atomic mass is 32.2. The lowest BCUT2D eigenvalue weighted by atomic mass is 10.2. The van der Waals surface area contributed by atoms with Crippen LogP contribution in [-0.2, 0) is 29.8 Å². The number of hydrogen-bond acceptors (Lipinski definition) is 6. The van der Waals surface area contributed by atoms with Gasteiger partial charge in [-0.3, -0.25) is 9.59 Å². The van der Waals surface area contributed by atoms with Crippen LogP contribution >= 0.6 is 23.1 Å². The summed E-state index contributed by atoms with van der Waals surface area (Å²) in [6.45, 7) is 0. The molecule has 140 valence electrons. The Morgan fingerprint density at radius 3 is 3.15 bits per heavy atom. The van der Waals surface area contributed by atoms with Crippen molar-refractivity contribution < 1.29 is 4.79 Å². The van der Waals surface area contributed by atoms with Gasteiger partial charge in [0.05, 0.1) is 5.39 Å². The van der Waals surface area contributed by atoms with Crippen molar-refractivity contribution in [3.63, 3.8) is 0 Å². The van der Waals surface area contributed by atoms with E-state index in [0.717, 1.165) is 40.8 Å². The van der Waals surface area contributed by atoms with Gasteiger partial charge in [-0.25, -0.2) is 9.97 Å². The van der Waals surface area contributed by atoms with Gasteiger partial charge in [-0.2, -0.15) is 11.8 Å². The number of hydrogen-bond donors (Lipinski definition) is 2. The minimum atomic E-state index is -0.139. The van der Waals surface area contributed by atoms with Gasteiger partial charge >= 0.3 is 0 Å². The van der Waals surface area contributed by atoms with Crippen molar-refractivity contribution in [2.75, 3.05) is 11.6 Å². The van der Waals surface area contributed by atoms with E-state index in [-0.39, 0.29) is 17.9 Å². The molecule has 27 heavy (non-hydrogen) atoms. The van der Waals surface area contributed by atoms with Gasteiger partial charge in [0.25, 0.3) is 5.56 Å². The summed E-state index contributed by atoms with van der Waals surface area (Å²) in [6.07, 6.45) is 7.49. The van der Waals surface area contributed by atoms with Crippen LogP contribution in [0.1, 0.15) is 34.7 Å². The van der Waals surface area contributed by atoms with Crippen molar-refractivity contribution in [3.8, 4) is 0 Å². The van der Waals surface area contributed by atoms with Crippen molar-refractivity contribution in [1.29, 1.82) is 0 Å². The Kier molecular flexibility index (Phi) is 5.27. The maximum atomic E-state index is 12.5.